The molecule has 0 unspecified atom stereocenters. The fraction of sp³-hybridized carbons (Fsp3) is 0.353. The van der Waals surface area contributed by atoms with Gasteiger partial charge in [-0.15, -0.1) is 0 Å². The van der Waals surface area contributed by atoms with Gasteiger partial charge in [-0.05, 0) is 36.8 Å². The van der Waals surface area contributed by atoms with Crippen molar-refractivity contribution in [2.45, 2.75) is 26.5 Å². The second-order valence-corrected chi connectivity index (χ2v) is 4.93. The molecule has 0 bridgehead atoms. The van der Waals surface area contributed by atoms with E-state index < -0.39 is 0 Å². The van der Waals surface area contributed by atoms with Gasteiger partial charge < -0.3 is 19.1 Å². The maximum Gasteiger partial charge on any atom is 0.256 e. The maximum atomic E-state index is 12.4. The van der Waals surface area contributed by atoms with Gasteiger partial charge in [0.05, 0.1) is 26.5 Å². The Morgan fingerprint density at radius 1 is 1.09 bits per heavy atom. The smallest absolute Gasteiger partial charge is 0.256 e. The first-order valence-corrected chi connectivity index (χ1v) is 7.22. The van der Waals surface area contributed by atoms with Crippen LogP contribution in [0.1, 0.15) is 18.9 Å². The van der Waals surface area contributed by atoms with E-state index in [0.717, 1.165) is 17.7 Å². The molecule has 0 amide bonds. The van der Waals surface area contributed by atoms with Crippen molar-refractivity contribution in [3.63, 3.8) is 0 Å². The van der Waals surface area contributed by atoms with Gasteiger partial charge in [0.15, 0.2) is 11.5 Å². The normalized spacial score (nSPS) is 10.5. The van der Waals surface area contributed by atoms with Crippen LogP contribution in [0, 0.1) is 0 Å². The SMILES string of the molecule is CCCn1c(-c2ccc(OC)c(OC)c2)ccc(CO)c1=O. The van der Waals surface area contributed by atoms with Crippen LogP contribution in [0.3, 0.4) is 0 Å². The van der Waals surface area contributed by atoms with Gasteiger partial charge in [0, 0.05) is 17.7 Å². The lowest BCUT2D eigenvalue weighted by molar-refractivity contribution is 0.279. The zero-order chi connectivity index (χ0) is 16.1. The van der Waals surface area contributed by atoms with E-state index in [2.05, 4.69) is 0 Å². The highest BCUT2D eigenvalue weighted by Crippen LogP contribution is 2.32. The third kappa shape index (κ3) is 2.99. The van der Waals surface area contributed by atoms with Gasteiger partial charge in [0.25, 0.3) is 5.56 Å². The van der Waals surface area contributed by atoms with Crippen LogP contribution in [0.15, 0.2) is 35.1 Å². The second kappa shape index (κ2) is 7.13. The molecule has 0 spiro atoms. The van der Waals surface area contributed by atoms with Crippen LogP contribution in [0.5, 0.6) is 11.5 Å². The monoisotopic (exact) mass is 303 g/mol. The number of hydrogen-bond donors (Lipinski definition) is 1. The molecule has 5 nitrogen and oxygen atoms in total. The number of aliphatic hydroxyl groups excluding tert-OH is 1. The van der Waals surface area contributed by atoms with Crippen LogP contribution in [0.2, 0.25) is 0 Å². The third-order valence-electron chi connectivity index (χ3n) is 3.55. The van der Waals surface area contributed by atoms with Gasteiger partial charge in [-0.1, -0.05) is 6.92 Å². The highest BCUT2D eigenvalue weighted by atomic mass is 16.5. The zero-order valence-corrected chi connectivity index (χ0v) is 13.1. The molecule has 1 heterocycles. The number of nitrogens with zero attached hydrogens (tertiary/aromatic N) is 1. The Morgan fingerprint density at radius 3 is 2.41 bits per heavy atom. The molecule has 1 aromatic carbocycles. The number of aliphatic hydroxyl groups is 1. The van der Waals surface area contributed by atoms with E-state index in [0.29, 0.717) is 23.6 Å². The first-order valence-electron chi connectivity index (χ1n) is 7.22. The first kappa shape index (κ1) is 16.1. The molecule has 2 rings (SSSR count). The van der Waals surface area contributed by atoms with E-state index in [1.54, 1.807) is 24.9 Å². The minimum atomic E-state index is -0.255. The van der Waals surface area contributed by atoms with Gasteiger partial charge in [-0.3, -0.25) is 4.79 Å². The van der Waals surface area contributed by atoms with Crippen molar-refractivity contribution in [2.24, 2.45) is 0 Å². The number of hydrogen-bond acceptors (Lipinski definition) is 4. The first-order chi connectivity index (χ1) is 10.7. The van der Waals surface area contributed by atoms with E-state index in [-0.39, 0.29) is 12.2 Å². The third-order valence-corrected chi connectivity index (χ3v) is 3.55. The summed E-state index contributed by atoms with van der Waals surface area (Å²) in [6.07, 6.45) is 0.828. The summed E-state index contributed by atoms with van der Waals surface area (Å²) in [4.78, 5) is 12.4. The van der Waals surface area contributed by atoms with E-state index in [9.17, 15) is 9.90 Å². The van der Waals surface area contributed by atoms with Gasteiger partial charge in [0.2, 0.25) is 0 Å². The summed E-state index contributed by atoms with van der Waals surface area (Å²) in [5, 5.41) is 9.27. The Hall–Kier alpha value is -2.27. The minimum Gasteiger partial charge on any atom is -0.493 e. The van der Waals surface area contributed by atoms with Crippen LogP contribution in [0.25, 0.3) is 11.3 Å². The molecule has 0 atom stereocenters. The molecule has 0 radical (unpaired) electrons. The largest absolute Gasteiger partial charge is 0.493 e. The molecule has 0 aliphatic heterocycles. The summed E-state index contributed by atoms with van der Waals surface area (Å²) in [6.45, 7) is 2.35. The lowest BCUT2D eigenvalue weighted by Gasteiger charge is -2.15. The number of rotatable bonds is 6. The molecule has 1 N–H and O–H groups in total. The lowest BCUT2D eigenvalue weighted by atomic mass is 10.1. The van der Waals surface area contributed by atoms with Gasteiger partial charge >= 0.3 is 0 Å². The summed E-state index contributed by atoms with van der Waals surface area (Å²) < 4.78 is 12.2. The topological polar surface area (TPSA) is 60.7 Å². The number of methoxy groups -OCH3 is 2. The van der Waals surface area contributed by atoms with E-state index in [1.165, 1.54) is 0 Å². The average Bonchev–Trinajstić information content (AvgIpc) is 2.56. The molecule has 22 heavy (non-hydrogen) atoms. The Labute approximate surface area is 129 Å². The van der Waals surface area contributed by atoms with Crippen LogP contribution < -0.4 is 15.0 Å². The number of aromatic nitrogens is 1. The molecule has 0 saturated heterocycles. The number of pyridine rings is 1. The van der Waals surface area contributed by atoms with E-state index >= 15 is 0 Å². The van der Waals surface area contributed by atoms with Crippen LogP contribution in [0.4, 0.5) is 0 Å². The van der Waals surface area contributed by atoms with Gasteiger partial charge in [0.1, 0.15) is 0 Å². The van der Waals surface area contributed by atoms with Crippen molar-refractivity contribution >= 4 is 0 Å². The molecule has 1 aromatic heterocycles. The standard InChI is InChI=1S/C17H21NO4/c1-4-9-18-14(7-5-13(11-19)17(18)20)12-6-8-15(21-2)16(10-12)22-3/h5-8,10,19H,4,9,11H2,1-3H3. The number of benzene rings is 1. The Balaban J connectivity index is 2.61. The molecular formula is C17H21NO4. The van der Waals surface area contributed by atoms with Crippen molar-refractivity contribution < 1.29 is 14.6 Å². The predicted molar refractivity (Wildman–Crippen MR) is 85.5 cm³/mol. The quantitative estimate of drug-likeness (QED) is 0.890. The summed E-state index contributed by atoms with van der Waals surface area (Å²) in [6, 6.07) is 9.07. The zero-order valence-electron chi connectivity index (χ0n) is 13.1. The Bertz CT molecular complexity index is 706. The minimum absolute atomic E-state index is 0.156. The van der Waals surface area contributed by atoms with Crippen LogP contribution >= 0.6 is 0 Å². The maximum absolute atomic E-state index is 12.4. The summed E-state index contributed by atoms with van der Waals surface area (Å²) in [7, 11) is 3.16. The Kier molecular flexibility index (Phi) is 5.22. The molecule has 2 aromatic rings. The van der Waals surface area contributed by atoms with E-state index in [1.807, 2.05) is 31.2 Å². The fourth-order valence-corrected chi connectivity index (χ4v) is 2.44. The fourth-order valence-electron chi connectivity index (χ4n) is 2.44. The van der Waals surface area contributed by atoms with Crippen molar-refractivity contribution in [1.82, 2.24) is 4.57 Å². The Morgan fingerprint density at radius 2 is 1.82 bits per heavy atom. The van der Waals surface area contributed by atoms with Crippen molar-refractivity contribution in [3.05, 3.63) is 46.2 Å². The van der Waals surface area contributed by atoms with Gasteiger partial charge in [-0.2, -0.15) is 0 Å². The van der Waals surface area contributed by atoms with Crippen LogP contribution in [-0.4, -0.2) is 23.9 Å². The molecule has 0 aliphatic carbocycles. The second-order valence-electron chi connectivity index (χ2n) is 4.93. The highest BCUT2D eigenvalue weighted by Gasteiger charge is 2.12. The molecule has 0 saturated carbocycles. The predicted octanol–water partition coefficient (Wildman–Crippen LogP) is 2.43. The molecule has 118 valence electrons. The lowest BCUT2D eigenvalue weighted by Crippen LogP contribution is -2.25. The molecule has 0 aliphatic rings. The van der Waals surface area contributed by atoms with Gasteiger partial charge in [-0.25, -0.2) is 0 Å². The number of ether oxygens (including phenoxy) is 2. The summed E-state index contributed by atoms with van der Waals surface area (Å²) >= 11 is 0. The van der Waals surface area contributed by atoms with E-state index in [4.69, 9.17) is 9.47 Å². The molecular weight excluding hydrogens is 282 g/mol. The van der Waals surface area contributed by atoms with Crippen LogP contribution in [-0.2, 0) is 13.2 Å². The van der Waals surface area contributed by atoms with Crippen molar-refractivity contribution in [3.8, 4) is 22.8 Å². The summed E-state index contributed by atoms with van der Waals surface area (Å²) in [5.41, 5.74) is 1.91. The van der Waals surface area contributed by atoms with Crippen molar-refractivity contribution in [2.75, 3.05) is 14.2 Å². The summed E-state index contributed by atoms with van der Waals surface area (Å²) in [5.74, 6) is 1.25. The molecule has 5 heteroatoms. The highest BCUT2D eigenvalue weighted by molar-refractivity contribution is 5.64. The van der Waals surface area contributed by atoms with Crippen molar-refractivity contribution in [1.29, 1.82) is 0 Å². The average molecular weight is 303 g/mol. The molecule has 0 fully saturated rings.